The minimum atomic E-state index is -1.06. The van der Waals surface area contributed by atoms with Gasteiger partial charge in [0.1, 0.15) is 5.00 Å². The van der Waals surface area contributed by atoms with Crippen LogP contribution < -0.4 is 5.32 Å². The zero-order chi connectivity index (χ0) is 15.7. The third-order valence-electron chi connectivity index (χ3n) is 3.00. The third kappa shape index (κ3) is 3.28. The Bertz CT molecular complexity index is 742. The van der Waals surface area contributed by atoms with Crippen molar-refractivity contribution in [3.63, 3.8) is 0 Å². The van der Waals surface area contributed by atoms with Crippen LogP contribution in [-0.4, -0.2) is 17.0 Å². The van der Waals surface area contributed by atoms with E-state index in [9.17, 15) is 14.7 Å². The number of carbonyl (C=O) groups is 2. The molecule has 0 aliphatic carbocycles. The van der Waals surface area contributed by atoms with Gasteiger partial charge in [-0.3, -0.25) is 4.79 Å². The molecule has 110 valence electrons. The van der Waals surface area contributed by atoms with Crippen LogP contribution in [0.3, 0.4) is 0 Å². The number of rotatable bonds is 3. The van der Waals surface area contributed by atoms with E-state index >= 15 is 0 Å². The minimum absolute atomic E-state index is 0.124. The number of anilines is 1. The Hall–Kier alpha value is -1.37. The lowest BCUT2D eigenvalue weighted by atomic mass is 10.1. The molecule has 0 bridgehead atoms. The second-order valence-corrected chi connectivity index (χ2v) is 6.92. The lowest BCUT2D eigenvalue weighted by molar-refractivity contribution is 0.0697. The average Bonchev–Trinajstić information content (AvgIpc) is 2.64. The van der Waals surface area contributed by atoms with Gasteiger partial charge in [0.05, 0.1) is 16.1 Å². The van der Waals surface area contributed by atoms with Gasteiger partial charge in [0, 0.05) is 9.35 Å². The number of nitrogens with one attached hydrogen (secondary N) is 1. The molecule has 0 aliphatic rings. The minimum Gasteiger partial charge on any atom is -0.478 e. The van der Waals surface area contributed by atoms with E-state index in [2.05, 4.69) is 21.2 Å². The van der Waals surface area contributed by atoms with Gasteiger partial charge in [-0.25, -0.2) is 4.79 Å². The highest BCUT2D eigenvalue weighted by atomic mass is 79.9. The molecule has 1 aromatic heterocycles. The number of benzene rings is 1. The van der Waals surface area contributed by atoms with Crippen molar-refractivity contribution in [1.82, 2.24) is 0 Å². The second-order valence-electron chi connectivity index (χ2n) is 4.37. The van der Waals surface area contributed by atoms with Gasteiger partial charge in [-0.15, -0.1) is 11.3 Å². The van der Waals surface area contributed by atoms with Gasteiger partial charge in [0.15, 0.2) is 0 Å². The first-order valence-electron chi connectivity index (χ1n) is 5.91. The van der Waals surface area contributed by atoms with Crippen molar-refractivity contribution in [2.24, 2.45) is 0 Å². The molecule has 0 aliphatic heterocycles. The van der Waals surface area contributed by atoms with Gasteiger partial charge in [0.2, 0.25) is 0 Å². The first-order valence-corrected chi connectivity index (χ1v) is 7.89. The molecule has 4 nitrogen and oxygen atoms in total. The van der Waals surface area contributed by atoms with Crippen molar-refractivity contribution >= 4 is 55.7 Å². The fraction of sp³-hybridized carbons (Fsp3) is 0.143. The smallest absolute Gasteiger partial charge is 0.338 e. The van der Waals surface area contributed by atoms with E-state index < -0.39 is 11.9 Å². The quantitative estimate of drug-likeness (QED) is 0.798. The van der Waals surface area contributed by atoms with Crippen molar-refractivity contribution in [3.05, 3.63) is 49.3 Å². The lowest BCUT2D eigenvalue weighted by Crippen LogP contribution is -2.14. The van der Waals surface area contributed by atoms with Gasteiger partial charge in [0.25, 0.3) is 5.91 Å². The molecule has 0 atom stereocenters. The van der Waals surface area contributed by atoms with Crippen molar-refractivity contribution < 1.29 is 14.7 Å². The fourth-order valence-corrected chi connectivity index (χ4v) is 3.62. The van der Waals surface area contributed by atoms with Gasteiger partial charge in [-0.05, 0) is 37.6 Å². The summed E-state index contributed by atoms with van der Waals surface area (Å²) in [6.45, 7) is 3.53. The summed E-state index contributed by atoms with van der Waals surface area (Å²) in [5, 5.41) is 12.5. The first kappa shape index (κ1) is 16.0. The number of carbonyl (C=O) groups excluding carboxylic acids is 1. The first-order chi connectivity index (χ1) is 9.81. The molecule has 0 radical (unpaired) electrons. The van der Waals surface area contributed by atoms with Crippen molar-refractivity contribution in [2.45, 2.75) is 13.8 Å². The molecule has 0 unspecified atom stereocenters. The molecular weight excluding hydrogens is 378 g/mol. The summed E-state index contributed by atoms with van der Waals surface area (Å²) in [7, 11) is 0. The maximum Gasteiger partial charge on any atom is 0.338 e. The molecule has 1 heterocycles. The van der Waals surface area contributed by atoms with E-state index in [4.69, 9.17) is 11.6 Å². The zero-order valence-electron chi connectivity index (χ0n) is 11.2. The van der Waals surface area contributed by atoms with E-state index in [-0.39, 0.29) is 5.56 Å². The molecular formula is C14H11BrClNO3S. The van der Waals surface area contributed by atoms with Gasteiger partial charge in [-0.2, -0.15) is 0 Å². The molecule has 1 aromatic carbocycles. The molecule has 7 heteroatoms. The van der Waals surface area contributed by atoms with Crippen LogP contribution in [0, 0.1) is 13.8 Å². The standard InChI is InChI=1S/C14H11BrClNO3S/c1-6-7(2)21-13(11(6)14(19)20)17-12(18)9-4-3-8(15)5-10(9)16/h3-5H,1-2H3,(H,17,18)(H,19,20). The predicted octanol–water partition coefficient (Wildman–Crippen LogP) is 4.73. The summed E-state index contributed by atoms with van der Waals surface area (Å²) < 4.78 is 0.762. The second kappa shape index (κ2) is 6.17. The summed E-state index contributed by atoms with van der Waals surface area (Å²) in [5.41, 5.74) is 1.07. The number of hydrogen-bond acceptors (Lipinski definition) is 3. The van der Waals surface area contributed by atoms with E-state index in [1.165, 1.54) is 11.3 Å². The van der Waals surface area contributed by atoms with E-state index in [1.54, 1.807) is 25.1 Å². The molecule has 0 fully saturated rings. The monoisotopic (exact) mass is 387 g/mol. The largest absolute Gasteiger partial charge is 0.478 e. The normalized spacial score (nSPS) is 10.5. The molecule has 2 aromatic rings. The van der Waals surface area contributed by atoms with E-state index in [1.807, 2.05) is 6.92 Å². The van der Waals surface area contributed by atoms with Crippen LogP contribution in [0.15, 0.2) is 22.7 Å². The summed E-state index contributed by atoms with van der Waals surface area (Å²) in [6.07, 6.45) is 0. The Morgan fingerprint density at radius 2 is 2.00 bits per heavy atom. The van der Waals surface area contributed by atoms with Crippen LogP contribution >= 0.6 is 38.9 Å². The fourth-order valence-electron chi connectivity index (χ4n) is 1.82. The summed E-state index contributed by atoms with van der Waals surface area (Å²) in [5.74, 6) is -1.50. The topological polar surface area (TPSA) is 66.4 Å². The molecule has 0 spiro atoms. The number of aromatic carboxylic acids is 1. The molecule has 1 amide bonds. The number of amides is 1. The number of thiophene rings is 1. The number of carboxylic acid groups (broad SMARTS) is 1. The van der Waals surface area contributed by atoms with Crippen LogP contribution in [-0.2, 0) is 0 Å². The highest BCUT2D eigenvalue weighted by molar-refractivity contribution is 9.10. The maximum absolute atomic E-state index is 12.2. The van der Waals surface area contributed by atoms with Crippen LogP contribution in [0.25, 0.3) is 0 Å². The lowest BCUT2D eigenvalue weighted by Gasteiger charge is -2.06. The Morgan fingerprint density at radius 3 is 2.57 bits per heavy atom. The number of carboxylic acids is 1. The number of aryl methyl sites for hydroxylation is 1. The molecule has 0 saturated carbocycles. The Morgan fingerprint density at radius 1 is 1.33 bits per heavy atom. The Balaban J connectivity index is 2.36. The molecule has 0 saturated heterocycles. The molecule has 21 heavy (non-hydrogen) atoms. The SMILES string of the molecule is Cc1sc(NC(=O)c2ccc(Br)cc2Cl)c(C(=O)O)c1C. The highest BCUT2D eigenvalue weighted by Crippen LogP contribution is 2.33. The van der Waals surface area contributed by atoms with Gasteiger partial charge < -0.3 is 10.4 Å². The predicted molar refractivity (Wildman–Crippen MR) is 87.9 cm³/mol. The van der Waals surface area contributed by atoms with Gasteiger partial charge in [-0.1, -0.05) is 27.5 Å². The summed E-state index contributed by atoms with van der Waals surface area (Å²) in [6, 6.07) is 4.89. The molecule has 2 rings (SSSR count). The summed E-state index contributed by atoms with van der Waals surface area (Å²) >= 11 is 10.5. The van der Waals surface area contributed by atoms with Crippen LogP contribution in [0.1, 0.15) is 31.2 Å². The van der Waals surface area contributed by atoms with Crippen LogP contribution in [0.2, 0.25) is 5.02 Å². The van der Waals surface area contributed by atoms with E-state index in [0.717, 1.165) is 9.35 Å². The van der Waals surface area contributed by atoms with Crippen molar-refractivity contribution in [1.29, 1.82) is 0 Å². The molecule has 2 N–H and O–H groups in total. The Kier molecular flexibility index (Phi) is 4.70. The zero-order valence-corrected chi connectivity index (χ0v) is 14.3. The number of halogens is 2. The highest BCUT2D eigenvalue weighted by Gasteiger charge is 2.21. The van der Waals surface area contributed by atoms with Crippen molar-refractivity contribution in [2.75, 3.05) is 5.32 Å². The maximum atomic E-state index is 12.2. The summed E-state index contributed by atoms with van der Waals surface area (Å²) in [4.78, 5) is 24.4. The number of hydrogen-bond donors (Lipinski definition) is 2. The van der Waals surface area contributed by atoms with E-state index in [0.29, 0.717) is 21.2 Å². The average molecular weight is 389 g/mol. The van der Waals surface area contributed by atoms with Crippen molar-refractivity contribution in [3.8, 4) is 0 Å². The van der Waals surface area contributed by atoms with Crippen LogP contribution in [0.4, 0.5) is 5.00 Å². The van der Waals surface area contributed by atoms with Gasteiger partial charge >= 0.3 is 5.97 Å². The Labute approximate surface area is 138 Å². The van der Waals surface area contributed by atoms with Crippen LogP contribution in [0.5, 0.6) is 0 Å². The third-order valence-corrected chi connectivity index (χ3v) is 4.93.